The van der Waals surface area contributed by atoms with Crippen LogP contribution in [0, 0.1) is 0 Å². The van der Waals surface area contributed by atoms with Gasteiger partial charge in [0.1, 0.15) is 11.5 Å². The summed E-state index contributed by atoms with van der Waals surface area (Å²) in [5.74, 6) is -0.639. The van der Waals surface area contributed by atoms with Crippen molar-refractivity contribution in [3.63, 3.8) is 0 Å². The van der Waals surface area contributed by atoms with Crippen LogP contribution < -0.4 is 14.9 Å². The summed E-state index contributed by atoms with van der Waals surface area (Å²) in [6.07, 6.45) is 1.22. The number of benzene rings is 2. The van der Waals surface area contributed by atoms with Gasteiger partial charge in [-0.05, 0) is 24.3 Å². The normalized spacial score (nSPS) is 11.6. The quantitative estimate of drug-likeness (QED) is 0.355. The van der Waals surface area contributed by atoms with Crippen LogP contribution in [0.4, 0.5) is 22.7 Å². The first-order valence-electron chi connectivity index (χ1n) is 7.19. The molecule has 0 unspecified atom stereocenters. The molecule has 0 saturated heterocycles. The maximum atomic E-state index is 12.5. The Morgan fingerprint density at radius 1 is 1.04 bits per heavy atom. The molecule has 3 rings (SSSR count). The molecular formula is C16H11F4N3O2S. The van der Waals surface area contributed by atoms with Crippen LogP contribution in [0.25, 0.3) is 10.2 Å². The average molecular weight is 385 g/mol. The number of hydrogen-bond acceptors (Lipinski definition) is 6. The van der Waals surface area contributed by atoms with Crippen LogP contribution in [0.3, 0.4) is 0 Å². The standard InChI is InChI=1S/C16H11F4N3O2S/c17-14(18)24-10-6-5-9(12(7-10)25-15(19)20)8-21-23-16-22-11-3-1-2-4-13(11)26-16/h1-8,14-15H,(H,22,23)/b21-8-. The lowest BCUT2D eigenvalue weighted by molar-refractivity contribution is -0.0543. The zero-order valence-electron chi connectivity index (χ0n) is 12.9. The Bertz CT molecular complexity index is 884. The van der Waals surface area contributed by atoms with Crippen LogP contribution in [0.15, 0.2) is 47.6 Å². The van der Waals surface area contributed by atoms with Crippen LogP contribution in [-0.2, 0) is 0 Å². The van der Waals surface area contributed by atoms with Gasteiger partial charge in [0.2, 0.25) is 5.13 Å². The number of hydrogen-bond donors (Lipinski definition) is 1. The number of nitrogens with zero attached hydrogens (tertiary/aromatic N) is 2. The predicted octanol–water partition coefficient (Wildman–Crippen LogP) is 4.95. The van der Waals surface area contributed by atoms with Gasteiger partial charge in [-0.1, -0.05) is 23.5 Å². The molecule has 10 heteroatoms. The molecule has 1 heterocycles. The molecule has 5 nitrogen and oxygen atoms in total. The number of hydrazone groups is 1. The summed E-state index contributed by atoms with van der Waals surface area (Å²) in [7, 11) is 0. The molecule has 0 aliphatic heterocycles. The van der Waals surface area contributed by atoms with Gasteiger partial charge in [-0.15, -0.1) is 0 Å². The van der Waals surface area contributed by atoms with E-state index in [1.165, 1.54) is 29.7 Å². The fraction of sp³-hybridized carbons (Fsp3) is 0.125. The van der Waals surface area contributed by atoms with E-state index in [4.69, 9.17) is 0 Å². The second kappa shape index (κ2) is 8.00. The molecule has 0 aliphatic rings. The summed E-state index contributed by atoms with van der Waals surface area (Å²) in [4.78, 5) is 4.30. The van der Waals surface area contributed by atoms with E-state index in [-0.39, 0.29) is 17.1 Å². The predicted molar refractivity (Wildman–Crippen MR) is 90.5 cm³/mol. The van der Waals surface area contributed by atoms with Crippen molar-refractivity contribution in [1.29, 1.82) is 0 Å². The van der Waals surface area contributed by atoms with Gasteiger partial charge in [-0.2, -0.15) is 22.7 Å². The van der Waals surface area contributed by atoms with Gasteiger partial charge < -0.3 is 9.47 Å². The molecule has 0 fully saturated rings. The molecule has 0 spiro atoms. The molecule has 0 atom stereocenters. The summed E-state index contributed by atoms with van der Waals surface area (Å²) in [6.45, 7) is -6.20. The molecule has 26 heavy (non-hydrogen) atoms. The van der Waals surface area contributed by atoms with Gasteiger partial charge in [0.15, 0.2) is 0 Å². The maximum absolute atomic E-state index is 12.5. The number of halogens is 4. The fourth-order valence-corrected chi connectivity index (χ4v) is 2.89. The molecule has 0 aliphatic carbocycles. The van der Waals surface area contributed by atoms with E-state index in [0.717, 1.165) is 16.3 Å². The Balaban J connectivity index is 1.77. The Labute approximate surface area is 148 Å². The lowest BCUT2D eigenvalue weighted by Crippen LogP contribution is -2.06. The maximum Gasteiger partial charge on any atom is 0.387 e. The number of para-hydroxylation sites is 1. The van der Waals surface area contributed by atoms with Crippen molar-refractivity contribution in [3.05, 3.63) is 48.0 Å². The summed E-state index contributed by atoms with van der Waals surface area (Å²) in [5.41, 5.74) is 3.64. The number of anilines is 1. The van der Waals surface area contributed by atoms with E-state index in [1.807, 2.05) is 24.3 Å². The van der Waals surface area contributed by atoms with E-state index in [1.54, 1.807) is 0 Å². The van der Waals surface area contributed by atoms with Crippen molar-refractivity contribution in [1.82, 2.24) is 4.98 Å². The lowest BCUT2D eigenvalue weighted by Gasteiger charge is -2.10. The second-order valence-electron chi connectivity index (χ2n) is 4.81. The summed E-state index contributed by atoms with van der Waals surface area (Å²) in [6, 6.07) is 10.9. The molecule has 0 amide bonds. The van der Waals surface area contributed by atoms with Crippen LogP contribution in [0.1, 0.15) is 5.56 Å². The SMILES string of the molecule is FC(F)Oc1ccc(/C=N\Nc2nc3ccccc3s2)c(OC(F)F)c1. The van der Waals surface area contributed by atoms with Crippen molar-refractivity contribution in [2.45, 2.75) is 13.2 Å². The highest BCUT2D eigenvalue weighted by Gasteiger charge is 2.12. The highest BCUT2D eigenvalue weighted by Crippen LogP contribution is 2.27. The largest absolute Gasteiger partial charge is 0.435 e. The minimum atomic E-state index is -3.12. The smallest absolute Gasteiger partial charge is 0.387 e. The number of alkyl halides is 4. The number of aromatic nitrogens is 1. The summed E-state index contributed by atoms with van der Waals surface area (Å²) < 4.78 is 59.0. The van der Waals surface area contributed by atoms with E-state index in [0.29, 0.717) is 5.13 Å². The van der Waals surface area contributed by atoms with E-state index in [9.17, 15) is 17.6 Å². The molecule has 136 valence electrons. The number of fused-ring (bicyclic) bond motifs is 1. The Morgan fingerprint density at radius 3 is 2.54 bits per heavy atom. The molecule has 0 radical (unpaired) electrons. The molecule has 3 aromatic rings. The zero-order valence-corrected chi connectivity index (χ0v) is 13.7. The second-order valence-corrected chi connectivity index (χ2v) is 5.84. The molecule has 1 N–H and O–H groups in total. The van der Waals surface area contributed by atoms with Gasteiger partial charge in [0, 0.05) is 11.6 Å². The van der Waals surface area contributed by atoms with Gasteiger partial charge in [0.05, 0.1) is 16.4 Å². The van der Waals surface area contributed by atoms with Crippen LogP contribution in [0.2, 0.25) is 0 Å². The molecular weight excluding hydrogens is 374 g/mol. The van der Waals surface area contributed by atoms with E-state index < -0.39 is 13.2 Å². The van der Waals surface area contributed by atoms with Crippen LogP contribution in [0.5, 0.6) is 11.5 Å². The number of nitrogens with one attached hydrogen (secondary N) is 1. The fourth-order valence-electron chi connectivity index (χ4n) is 2.07. The topological polar surface area (TPSA) is 55.7 Å². The van der Waals surface area contributed by atoms with Crippen molar-refractivity contribution in [2.75, 3.05) is 5.43 Å². The van der Waals surface area contributed by atoms with Gasteiger partial charge in [0.25, 0.3) is 0 Å². The Morgan fingerprint density at radius 2 is 1.81 bits per heavy atom. The van der Waals surface area contributed by atoms with Gasteiger partial charge in [-0.3, -0.25) is 5.43 Å². The molecule has 1 aromatic heterocycles. The molecule has 2 aromatic carbocycles. The third-order valence-electron chi connectivity index (χ3n) is 3.08. The van der Waals surface area contributed by atoms with Crippen LogP contribution in [-0.4, -0.2) is 24.4 Å². The van der Waals surface area contributed by atoms with Gasteiger partial charge in [-0.25, -0.2) is 4.98 Å². The van der Waals surface area contributed by atoms with Crippen LogP contribution >= 0.6 is 11.3 Å². The number of thiazole rings is 1. The Kier molecular flexibility index (Phi) is 5.52. The van der Waals surface area contributed by atoms with E-state index in [2.05, 4.69) is 25.0 Å². The number of ether oxygens (including phenoxy) is 2. The van der Waals surface area contributed by atoms with Crippen molar-refractivity contribution in [2.24, 2.45) is 5.10 Å². The van der Waals surface area contributed by atoms with Crippen molar-refractivity contribution in [3.8, 4) is 11.5 Å². The summed E-state index contributed by atoms with van der Waals surface area (Å²) >= 11 is 1.37. The number of rotatable bonds is 7. The average Bonchev–Trinajstić information content (AvgIpc) is 2.98. The highest BCUT2D eigenvalue weighted by molar-refractivity contribution is 7.22. The monoisotopic (exact) mass is 385 g/mol. The third-order valence-corrected chi connectivity index (χ3v) is 4.03. The van der Waals surface area contributed by atoms with Crippen molar-refractivity contribution < 1.29 is 27.0 Å². The van der Waals surface area contributed by atoms with Crippen molar-refractivity contribution >= 4 is 32.9 Å². The minimum absolute atomic E-state index is 0.153. The Hall–Kier alpha value is -2.88. The van der Waals surface area contributed by atoms with Gasteiger partial charge >= 0.3 is 13.2 Å². The molecule has 0 bridgehead atoms. The van der Waals surface area contributed by atoms with E-state index >= 15 is 0 Å². The molecule has 0 saturated carbocycles. The first-order chi connectivity index (χ1) is 12.5. The highest BCUT2D eigenvalue weighted by atomic mass is 32.1. The first kappa shape index (κ1) is 17.9. The summed E-state index contributed by atoms with van der Waals surface area (Å²) in [5, 5.41) is 4.44. The zero-order chi connectivity index (χ0) is 18.5. The lowest BCUT2D eigenvalue weighted by atomic mass is 10.2. The minimum Gasteiger partial charge on any atom is -0.435 e. The first-order valence-corrected chi connectivity index (χ1v) is 8.01. The third kappa shape index (κ3) is 4.60.